The van der Waals surface area contributed by atoms with E-state index in [9.17, 15) is 4.79 Å². The van der Waals surface area contributed by atoms with Gasteiger partial charge in [-0.25, -0.2) is 4.79 Å². The van der Waals surface area contributed by atoms with Gasteiger partial charge in [0.1, 0.15) is 0 Å². The van der Waals surface area contributed by atoms with Crippen LogP contribution in [0.5, 0.6) is 0 Å². The molecule has 27 heavy (non-hydrogen) atoms. The number of unbranched alkanes of at least 4 members (excludes halogenated alkanes) is 14. The van der Waals surface area contributed by atoms with E-state index in [0.717, 1.165) is 18.7 Å². The van der Waals surface area contributed by atoms with Crippen molar-refractivity contribution in [3.63, 3.8) is 0 Å². The van der Waals surface area contributed by atoms with Gasteiger partial charge in [-0.15, -0.1) is 0 Å². The molecule has 1 rings (SSSR count). The zero-order chi connectivity index (χ0) is 19.4. The van der Waals surface area contributed by atoms with Crippen molar-refractivity contribution in [1.29, 1.82) is 0 Å². The average Bonchev–Trinajstić information content (AvgIpc) is 2.68. The molecule has 0 atom stereocenters. The first kappa shape index (κ1) is 23.5. The van der Waals surface area contributed by atoms with E-state index >= 15 is 0 Å². The number of pyridine rings is 1. The van der Waals surface area contributed by atoms with Crippen LogP contribution >= 0.6 is 0 Å². The van der Waals surface area contributed by atoms with Gasteiger partial charge in [0.15, 0.2) is 0 Å². The van der Waals surface area contributed by atoms with Crippen molar-refractivity contribution < 1.29 is 4.79 Å². The molecule has 0 saturated heterocycles. The van der Waals surface area contributed by atoms with Crippen molar-refractivity contribution in [2.24, 2.45) is 0 Å². The Balaban J connectivity index is 1.76. The smallest absolute Gasteiger partial charge is 0.319 e. The molecule has 0 aliphatic rings. The maximum Gasteiger partial charge on any atom is 0.319 e. The third kappa shape index (κ3) is 15.2. The lowest BCUT2D eigenvalue weighted by Gasteiger charge is -2.07. The second-order valence-electron chi connectivity index (χ2n) is 7.57. The number of urea groups is 1. The lowest BCUT2D eigenvalue weighted by molar-refractivity contribution is 0.252. The zero-order valence-electron chi connectivity index (χ0n) is 17.5. The maximum absolute atomic E-state index is 11.7. The number of nitrogens with zero attached hydrogens (tertiary/aromatic N) is 1. The number of hydrogen-bond acceptors (Lipinski definition) is 2. The normalized spacial score (nSPS) is 10.7. The first-order chi connectivity index (χ1) is 13.3. The van der Waals surface area contributed by atoms with Crippen LogP contribution in [0.15, 0.2) is 24.5 Å². The van der Waals surface area contributed by atoms with Crippen LogP contribution in [0.4, 0.5) is 10.5 Å². The number of amides is 2. The monoisotopic (exact) mass is 375 g/mol. The van der Waals surface area contributed by atoms with Crippen LogP contribution in [-0.2, 0) is 0 Å². The van der Waals surface area contributed by atoms with Gasteiger partial charge in [-0.2, -0.15) is 0 Å². The summed E-state index contributed by atoms with van der Waals surface area (Å²) in [6, 6.07) is 3.50. The Morgan fingerprint density at radius 3 is 1.81 bits per heavy atom. The predicted molar refractivity (Wildman–Crippen MR) is 116 cm³/mol. The van der Waals surface area contributed by atoms with Crippen molar-refractivity contribution in [2.75, 3.05) is 11.9 Å². The van der Waals surface area contributed by atoms with E-state index in [1.54, 1.807) is 12.4 Å². The molecule has 0 unspecified atom stereocenters. The fourth-order valence-electron chi connectivity index (χ4n) is 3.31. The van der Waals surface area contributed by atoms with Crippen LogP contribution in [0.25, 0.3) is 0 Å². The minimum absolute atomic E-state index is 0.145. The van der Waals surface area contributed by atoms with Crippen LogP contribution in [0, 0.1) is 0 Å². The number of rotatable bonds is 17. The number of carbonyl (C=O) groups excluding carboxylic acids is 1. The molecule has 1 aromatic heterocycles. The topological polar surface area (TPSA) is 54.0 Å². The van der Waals surface area contributed by atoms with Gasteiger partial charge in [-0.1, -0.05) is 96.8 Å². The van der Waals surface area contributed by atoms with Crippen molar-refractivity contribution in [3.05, 3.63) is 24.5 Å². The fraction of sp³-hybridized carbons (Fsp3) is 0.739. The third-order valence-corrected chi connectivity index (χ3v) is 4.99. The average molecular weight is 376 g/mol. The Bertz CT molecular complexity index is 450. The number of carbonyl (C=O) groups is 1. The summed E-state index contributed by atoms with van der Waals surface area (Å²) >= 11 is 0. The molecular weight excluding hydrogens is 334 g/mol. The van der Waals surface area contributed by atoms with Crippen LogP contribution in [-0.4, -0.2) is 17.6 Å². The molecule has 1 aromatic rings. The number of nitrogens with one attached hydrogen (secondary N) is 2. The van der Waals surface area contributed by atoms with Crippen LogP contribution in [0.3, 0.4) is 0 Å². The van der Waals surface area contributed by atoms with Gasteiger partial charge in [-0.05, 0) is 18.6 Å². The molecule has 2 N–H and O–H groups in total. The lowest BCUT2D eigenvalue weighted by atomic mass is 10.0. The highest BCUT2D eigenvalue weighted by molar-refractivity contribution is 5.88. The molecule has 0 fully saturated rings. The van der Waals surface area contributed by atoms with Gasteiger partial charge in [0.05, 0.1) is 11.9 Å². The summed E-state index contributed by atoms with van der Waals surface area (Å²) in [5.74, 6) is 0. The Kier molecular flexibility index (Phi) is 15.5. The fourth-order valence-corrected chi connectivity index (χ4v) is 3.31. The summed E-state index contributed by atoms with van der Waals surface area (Å²) in [6.07, 6.45) is 23.7. The molecule has 0 saturated carbocycles. The third-order valence-electron chi connectivity index (χ3n) is 4.99. The Hall–Kier alpha value is -1.58. The molecule has 4 heteroatoms. The molecular formula is C23H41N3O. The largest absolute Gasteiger partial charge is 0.338 e. The standard InChI is InChI=1S/C23H41N3O/c1-2-3-4-5-6-7-8-9-10-11-12-13-14-15-16-20-25-23(27)26-22-18-17-19-24-21-22/h17-19,21H,2-16,20H2,1H3,(H2,25,26,27). The number of anilines is 1. The summed E-state index contributed by atoms with van der Waals surface area (Å²) in [5, 5.41) is 5.68. The highest BCUT2D eigenvalue weighted by atomic mass is 16.2. The van der Waals surface area contributed by atoms with E-state index in [1.165, 1.54) is 89.9 Å². The molecule has 2 amide bonds. The Morgan fingerprint density at radius 2 is 1.33 bits per heavy atom. The minimum Gasteiger partial charge on any atom is -0.338 e. The summed E-state index contributed by atoms with van der Waals surface area (Å²) < 4.78 is 0. The molecule has 0 spiro atoms. The van der Waals surface area contributed by atoms with Crippen molar-refractivity contribution >= 4 is 11.7 Å². The highest BCUT2D eigenvalue weighted by Crippen LogP contribution is 2.13. The number of aromatic nitrogens is 1. The zero-order valence-corrected chi connectivity index (χ0v) is 17.5. The Labute approximate surface area is 166 Å². The SMILES string of the molecule is CCCCCCCCCCCCCCCCCNC(=O)Nc1cccnc1. The van der Waals surface area contributed by atoms with Crippen molar-refractivity contribution in [3.8, 4) is 0 Å². The summed E-state index contributed by atoms with van der Waals surface area (Å²) in [7, 11) is 0. The molecule has 0 aliphatic heterocycles. The second kappa shape index (κ2) is 17.8. The lowest BCUT2D eigenvalue weighted by Crippen LogP contribution is -2.29. The predicted octanol–water partition coefficient (Wildman–Crippen LogP) is 7.07. The van der Waals surface area contributed by atoms with Crippen molar-refractivity contribution in [2.45, 2.75) is 103 Å². The van der Waals surface area contributed by atoms with E-state index in [0.29, 0.717) is 0 Å². The van der Waals surface area contributed by atoms with Gasteiger partial charge in [0, 0.05) is 12.7 Å². The van der Waals surface area contributed by atoms with E-state index < -0.39 is 0 Å². The van der Waals surface area contributed by atoms with Crippen molar-refractivity contribution in [1.82, 2.24) is 10.3 Å². The molecule has 0 bridgehead atoms. The maximum atomic E-state index is 11.7. The summed E-state index contributed by atoms with van der Waals surface area (Å²) in [4.78, 5) is 15.7. The van der Waals surface area contributed by atoms with Gasteiger partial charge >= 0.3 is 6.03 Å². The van der Waals surface area contributed by atoms with E-state index in [-0.39, 0.29) is 6.03 Å². The molecule has 0 radical (unpaired) electrons. The van der Waals surface area contributed by atoms with E-state index in [4.69, 9.17) is 0 Å². The first-order valence-electron chi connectivity index (χ1n) is 11.3. The first-order valence-corrected chi connectivity index (χ1v) is 11.3. The van der Waals surface area contributed by atoms with Gasteiger partial charge < -0.3 is 10.6 Å². The van der Waals surface area contributed by atoms with Gasteiger partial charge in [0.25, 0.3) is 0 Å². The molecule has 0 aromatic carbocycles. The Morgan fingerprint density at radius 1 is 0.815 bits per heavy atom. The second-order valence-corrected chi connectivity index (χ2v) is 7.57. The summed E-state index contributed by atoms with van der Waals surface area (Å²) in [5.41, 5.74) is 0.728. The highest BCUT2D eigenvalue weighted by Gasteiger charge is 2.00. The van der Waals surface area contributed by atoms with Crippen LogP contribution < -0.4 is 10.6 Å². The van der Waals surface area contributed by atoms with E-state index in [1.807, 2.05) is 12.1 Å². The molecule has 0 aliphatic carbocycles. The quantitative estimate of drug-likeness (QED) is 0.286. The van der Waals surface area contributed by atoms with Crippen LogP contribution in [0.2, 0.25) is 0 Å². The molecule has 1 heterocycles. The summed E-state index contributed by atoms with van der Waals surface area (Å²) in [6.45, 7) is 3.02. The van der Waals surface area contributed by atoms with Gasteiger partial charge in [0.2, 0.25) is 0 Å². The van der Waals surface area contributed by atoms with Crippen LogP contribution in [0.1, 0.15) is 103 Å². The molecule has 4 nitrogen and oxygen atoms in total. The molecule has 154 valence electrons. The van der Waals surface area contributed by atoms with Gasteiger partial charge in [-0.3, -0.25) is 4.98 Å². The van der Waals surface area contributed by atoms with E-state index in [2.05, 4.69) is 22.5 Å². The minimum atomic E-state index is -0.145. The number of hydrogen-bond donors (Lipinski definition) is 2.